The zero-order valence-corrected chi connectivity index (χ0v) is 11.6. The first-order valence-electron chi connectivity index (χ1n) is 6.23. The van der Waals surface area contributed by atoms with E-state index in [9.17, 15) is 5.11 Å². The zero-order valence-electron chi connectivity index (χ0n) is 10.8. The number of aryl methyl sites for hydroxylation is 1. The van der Waals surface area contributed by atoms with Gasteiger partial charge in [0.2, 0.25) is 0 Å². The maximum atomic E-state index is 9.21. The number of thiophene rings is 1. The third-order valence-corrected chi connectivity index (χ3v) is 4.17. The van der Waals surface area contributed by atoms with Crippen LogP contribution >= 0.6 is 11.3 Å². The van der Waals surface area contributed by atoms with Crippen LogP contribution in [0, 0.1) is 6.92 Å². The highest BCUT2D eigenvalue weighted by molar-refractivity contribution is 7.12. The molecule has 1 unspecified atom stereocenters. The van der Waals surface area contributed by atoms with Crippen molar-refractivity contribution in [2.24, 2.45) is 0 Å². The average molecular weight is 261 g/mol. The second-order valence-electron chi connectivity index (χ2n) is 4.54. The molecule has 0 aliphatic heterocycles. The molecule has 0 aliphatic carbocycles. The molecule has 0 amide bonds. The lowest BCUT2D eigenvalue weighted by molar-refractivity contribution is 0.475. The van der Waals surface area contributed by atoms with Gasteiger partial charge in [-0.2, -0.15) is 0 Å². The fourth-order valence-electron chi connectivity index (χ4n) is 1.88. The summed E-state index contributed by atoms with van der Waals surface area (Å²) in [6, 6.07) is 12.2. The molecule has 2 rings (SSSR count). The standard InChI is InChI=1S/C15H19NOS/c1-11-3-8-15(18-11)12(2)16-10-9-13-4-6-14(17)7-5-13/h3-8,12,16-17H,9-10H2,1-2H3. The Morgan fingerprint density at radius 2 is 1.89 bits per heavy atom. The lowest BCUT2D eigenvalue weighted by Crippen LogP contribution is -2.20. The normalized spacial score (nSPS) is 12.6. The van der Waals surface area contributed by atoms with Crippen LogP contribution in [0.1, 0.15) is 28.3 Å². The zero-order chi connectivity index (χ0) is 13.0. The smallest absolute Gasteiger partial charge is 0.115 e. The van der Waals surface area contributed by atoms with E-state index in [1.54, 1.807) is 12.1 Å². The maximum absolute atomic E-state index is 9.21. The van der Waals surface area contributed by atoms with Crippen molar-refractivity contribution in [2.45, 2.75) is 26.3 Å². The summed E-state index contributed by atoms with van der Waals surface area (Å²) in [5, 5.41) is 12.7. The van der Waals surface area contributed by atoms with Crippen LogP contribution in [0.2, 0.25) is 0 Å². The first-order valence-corrected chi connectivity index (χ1v) is 7.04. The Balaban J connectivity index is 1.80. The number of hydrogen-bond donors (Lipinski definition) is 2. The van der Waals surface area contributed by atoms with Crippen molar-refractivity contribution in [3.63, 3.8) is 0 Å². The van der Waals surface area contributed by atoms with E-state index in [-0.39, 0.29) is 0 Å². The van der Waals surface area contributed by atoms with Crippen LogP contribution in [0.4, 0.5) is 0 Å². The number of phenols is 1. The van der Waals surface area contributed by atoms with Crippen molar-refractivity contribution in [3.8, 4) is 5.75 Å². The number of hydrogen-bond acceptors (Lipinski definition) is 3. The van der Waals surface area contributed by atoms with Crippen molar-refractivity contribution >= 4 is 11.3 Å². The minimum atomic E-state index is 0.328. The van der Waals surface area contributed by atoms with Crippen molar-refractivity contribution < 1.29 is 5.11 Å². The van der Waals surface area contributed by atoms with Gasteiger partial charge < -0.3 is 10.4 Å². The van der Waals surface area contributed by atoms with Crippen LogP contribution in [0.5, 0.6) is 5.75 Å². The third-order valence-electron chi connectivity index (χ3n) is 2.99. The second-order valence-corrected chi connectivity index (χ2v) is 5.86. The molecule has 1 atom stereocenters. The minimum absolute atomic E-state index is 0.328. The summed E-state index contributed by atoms with van der Waals surface area (Å²) in [5.74, 6) is 0.328. The van der Waals surface area contributed by atoms with Crippen LogP contribution in [0.3, 0.4) is 0 Å². The Morgan fingerprint density at radius 1 is 1.17 bits per heavy atom. The predicted octanol–water partition coefficient (Wildman–Crippen LogP) is 3.66. The molecule has 1 aromatic carbocycles. The van der Waals surface area contributed by atoms with E-state index in [4.69, 9.17) is 0 Å². The predicted molar refractivity (Wildman–Crippen MR) is 77.3 cm³/mol. The summed E-state index contributed by atoms with van der Waals surface area (Å²) >= 11 is 1.85. The summed E-state index contributed by atoms with van der Waals surface area (Å²) in [6.07, 6.45) is 0.981. The molecular weight excluding hydrogens is 242 g/mol. The monoisotopic (exact) mass is 261 g/mol. The molecule has 0 saturated heterocycles. The van der Waals surface area contributed by atoms with Crippen molar-refractivity contribution in [1.82, 2.24) is 5.32 Å². The highest BCUT2D eigenvalue weighted by atomic mass is 32.1. The summed E-state index contributed by atoms with van der Waals surface area (Å²) in [6.45, 7) is 5.28. The quantitative estimate of drug-likeness (QED) is 0.861. The van der Waals surface area contributed by atoms with Crippen molar-refractivity contribution in [1.29, 1.82) is 0 Å². The molecule has 0 radical (unpaired) electrons. The molecule has 1 aromatic heterocycles. The van der Waals surface area contributed by atoms with E-state index in [2.05, 4.69) is 31.3 Å². The summed E-state index contributed by atoms with van der Waals surface area (Å²) in [4.78, 5) is 2.75. The van der Waals surface area contributed by atoms with Gasteiger partial charge >= 0.3 is 0 Å². The first-order chi connectivity index (χ1) is 8.65. The van der Waals surface area contributed by atoms with E-state index in [0.29, 0.717) is 11.8 Å². The molecule has 3 heteroatoms. The maximum Gasteiger partial charge on any atom is 0.115 e. The molecule has 0 fully saturated rings. The Hall–Kier alpha value is -1.32. The van der Waals surface area contributed by atoms with Gasteiger partial charge in [0.25, 0.3) is 0 Å². The molecule has 0 saturated carbocycles. The number of rotatable bonds is 5. The second kappa shape index (κ2) is 6.03. The first kappa shape index (κ1) is 13.1. The van der Waals surface area contributed by atoms with Gasteiger partial charge in [0, 0.05) is 15.8 Å². The highest BCUT2D eigenvalue weighted by Gasteiger charge is 2.06. The molecule has 18 heavy (non-hydrogen) atoms. The Kier molecular flexibility index (Phi) is 4.39. The van der Waals surface area contributed by atoms with E-state index in [1.807, 2.05) is 23.5 Å². The third kappa shape index (κ3) is 3.59. The lowest BCUT2D eigenvalue weighted by atomic mass is 10.1. The molecule has 2 N–H and O–H groups in total. The van der Waals surface area contributed by atoms with Gasteiger partial charge in [-0.3, -0.25) is 0 Å². The van der Waals surface area contributed by atoms with Crippen molar-refractivity contribution in [3.05, 3.63) is 51.7 Å². The molecule has 0 bridgehead atoms. The molecule has 0 spiro atoms. The molecular formula is C15H19NOS. The van der Waals surface area contributed by atoms with E-state index < -0.39 is 0 Å². The van der Waals surface area contributed by atoms with Crippen molar-refractivity contribution in [2.75, 3.05) is 6.54 Å². The summed E-state index contributed by atoms with van der Waals surface area (Å²) < 4.78 is 0. The molecule has 2 aromatic rings. The van der Waals surface area contributed by atoms with Crippen LogP contribution in [0.25, 0.3) is 0 Å². The van der Waals surface area contributed by atoms with Gasteiger partial charge in [0.15, 0.2) is 0 Å². The van der Waals surface area contributed by atoms with Gasteiger partial charge in [0.1, 0.15) is 5.75 Å². The Labute approximate surface area is 112 Å². The fraction of sp³-hybridized carbons (Fsp3) is 0.333. The van der Waals surface area contributed by atoms with Crippen LogP contribution in [-0.2, 0) is 6.42 Å². The van der Waals surface area contributed by atoms with Crippen LogP contribution < -0.4 is 5.32 Å². The van der Waals surface area contributed by atoms with Gasteiger partial charge in [-0.25, -0.2) is 0 Å². The Morgan fingerprint density at radius 3 is 2.50 bits per heavy atom. The van der Waals surface area contributed by atoms with Gasteiger partial charge in [-0.1, -0.05) is 12.1 Å². The fourth-order valence-corrected chi connectivity index (χ4v) is 2.79. The summed E-state index contributed by atoms with van der Waals surface area (Å²) in [5.41, 5.74) is 1.25. The van der Waals surface area contributed by atoms with E-state index in [0.717, 1.165) is 13.0 Å². The van der Waals surface area contributed by atoms with E-state index >= 15 is 0 Å². The van der Waals surface area contributed by atoms with Gasteiger partial charge in [-0.05, 0) is 56.6 Å². The largest absolute Gasteiger partial charge is 0.508 e. The molecule has 96 valence electrons. The summed E-state index contributed by atoms with van der Waals surface area (Å²) in [7, 11) is 0. The number of benzene rings is 1. The highest BCUT2D eigenvalue weighted by Crippen LogP contribution is 2.22. The molecule has 0 aliphatic rings. The molecule has 2 nitrogen and oxygen atoms in total. The average Bonchev–Trinajstić information content (AvgIpc) is 2.78. The minimum Gasteiger partial charge on any atom is -0.508 e. The van der Waals surface area contributed by atoms with E-state index in [1.165, 1.54) is 15.3 Å². The number of aromatic hydroxyl groups is 1. The van der Waals surface area contributed by atoms with Gasteiger partial charge in [-0.15, -0.1) is 11.3 Å². The molecule has 1 heterocycles. The van der Waals surface area contributed by atoms with Crippen LogP contribution in [-0.4, -0.2) is 11.7 Å². The Bertz CT molecular complexity index is 489. The lowest BCUT2D eigenvalue weighted by Gasteiger charge is -2.12. The SMILES string of the molecule is Cc1ccc(C(C)NCCc2ccc(O)cc2)s1. The number of phenolic OH excluding ortho intramolecular Hbond substituents is 1. The topological polar surface area (TPSA) is 32.3 Å². The number of nitrogens with one attached hydrogen (secondary N) is 1. The van der Waals surface area contributed by atoms with Crippen LogP contribution in [0.15, 0.2) is 36.4 Å². The van der Waals surface area contributed by atoms with Gasteiger partial charge in [0.05, 0.1) is 0 Å².